The molecule has 0 aliphatic rings. The molecule has 0 atom stereocenters. The SMILES string of the molecule is Cc1ccc(NC(=O)CCC(=O)OCC(=O)NNC(=O)c2ccccc2Cl)cc1Cl. The summed E-state index contributed by atoms with van der Waals surface area (Å²) in [5, 5.41) is 3.35. The number of anilines is 1. The van der Waals surface area contributed by atoms with E-state index in [2.05, 4.69) is 16.2 Å². The molecule has 0 radical (unpaired) electrons. The average molecular weight is 452 g/mol. The first-order valence-electron chi connectivity index (χ1n) is 8.81. The van der Waals surface area contributed by atoms with Crippen molar-refractivity contribution in [2.45, 2.75) is 19.8 Å². The fourth-order valence-corrected chi connectivity index (χ4v) is 2.61. The largest absolute Gasteiger partial charge is 0.455 e. The maximum Gasteiger partial charge on any atom is 0.306 e. The number of nitrogens with one attached hydrogen (secondary N) is 3. The van der Waals surface area contributed by atoms with Gasteiger partial charge in [0.25, 0.3) is 11.8 Å². The lowest BCUT2D eigenvalue weighted by Gasteiger charge is -2.09. The van der Waals surface area contributed by atoms with E-state index in [1.807, 2.05) is 6.92 Å². The summed E-state index contributed by atoms with van der Waals surface area (Å²) in [5.74, 6) is -2.50. The molecule has 0 heterocycles. The van der Waals surface area contributed by atoms with Crippen LogP contribution in [0.25, 0.3) is 0 Å². The summed E-state index contributed by atoms with van der Waals surface area (Å²) in [6.45, 7) is 1.22. The Labute approximate surface area is 182 Å². The monoisotopic (exact) mass is 451 g/mol. The van der Waals surface area contributed by atoms with E-state index in [4.69, 9.17) is 27.9 Å². The Balaban J connectivity index is 1.66. The molecule has 10 heteroatoms. The first-order valence-corrected chi connectivity index (χ1v) is 9.57. The molecule has 2 aromatic carbocycles. The number of amides is 3. The van der Waals surface area contributed by atoms with E-state index in [0.29, 0.717) is 10.7 Å². The van der Waals surface area contributed by atoms with E-state index in [0.717, 1.165) is 5.56 Å². The van der Waals surface area contributed by atoms with Gasteiger partial charge in [-0.25, -0.2) is 0 Å². The van der Waals surface area contributed by atoms with Crippen LogP contribution < -0.4 is 16.2 Å². The third kappa shape index (κ3) is 7.38. The van der Waals surface area contributed by atoms with Gasteiger partial charge in [0.2, 0.25) is 5.91 Å². The third-order valence-electron chi connectivity index (χ3n) is 3.81. The summed E-state index contributed by atoms with van der Waals surface area (Å²) in [4.78, 5) is 47.2. The minimum absolute atomic E-state index is 0.130. The topological polar surface area (TPSA) is 114 Å². The maximum absolute atomic E-state index is 11.9. The van der Waals surface area contributed by atoms with Crippen LogP contribution in [-0.4, -0.2) is 30.3 Å². The van der Waals surface area contributed by atoms with E-state index in [-0.39, 0.29) is 23.4 Å². The zero-order valence-corrected chi connectivity index (χ0v) is 17.5. The molecule has 0 aromatic heterocycles. The lowest BCUT2D eigenvalue weighted by molar-refractivity contribution is -0.149. The lowest BCUT2D eigenvalue weighted by Crippen LogP contribution is -2.43. The number of hydrogen-bond acceptors (Lipinski definition) is 5. The standard InChI is InChI=1S/C20H19Cl2N3O5/c1-12-6-7-13(10-16(12)22)23-17(26)8-9-19(28)30-11-18(27)24-25-20(29)14-4-2-3-5-15(14)21/h2-7,10H,8-9,11H2,1H3,(H,23,26)(H,24,27)(H,25,29). The minimum Gasteiger partial charge on any atom is -0.455 e. The number of carbonyl (C=O) groups is 4. The average Bonchev–Trinajstić information content (AvgIpc) is 2.72. The van der Waals surface area contributed by atoms with Gasteiger partial charge in [0, 0.05) is 17.1 Å². The van der Waals surface area contributed by atoms with Gasteiger partial charge >= 0.3 is 5.97 Å². The third-order valence-corrected chi connectivity index (χ3v) is 4.55. The molecule has 0 fully saturated rings. The summed E-state index contributed by atoms with van der Waals surface area (Å²) in [6.07, 6.45) is -0.347. The van der Waals surface area contributed by atoms with Gasteiger partial charge in [0.05, 0.1) is 17.0 Å². The summed E-state index contributed by atoms with van der Waals surface area (Å²) in [7, 11) is 0. The predicted molar refractivity (Wildman–Crippen MR) is 112 cm³/mol. The Bertz CT molecular complexity index is 965. The second kappa shape index (κ2) is 11.2. The van der Waals surface area contributed by atoms with Crippen LogP contribution in [0, 0.1) is 6.92 Å². The molecular weight excluding hydrogens is 433 g/mol. The van der Waals surface area contributed by atoms with Crippen molar-refractivity contribution >= 4 is 52.6 Å². The van der Waals surface area contributed by atoms with Gasteiger partial charge in [-0.15, -0.1) is 0 Å². The van der Waals surface area contributed by atoms with E-state index >= 15 is 0 Å². The van der Waals surface area contributed by atoms with Crippen LogP contribution in [0.4, 0.5) is 5.69 Å². The summed E-state index contributed by atoms with van der Waals surface area (Å²) >= 11 is 11.9. The van der Waals surface area contributed by atoms with Crippen LogP contribution in [0.3, 0.4) is 0 Å². The molecule has 3 amide bonds. The Hall–Kier alpha value is -3.10. The predicted octanol–water partition coefficient (Wildman–Crippen LogP) is 3.02. The molecule has 8 nitrogen and oxygen atoms in total. The van der Waals surface area contributed by atoms with Crippen molar-refractivity contribution in [2.75, 3.05) is 11.9 Å². The van der Waals surface area contributed by atoms with E-state index in [9.17, 15) is 19.2 Å². The van der Waals surface area contributed by atoms with Gasteiger partial charge in [-0.2, -0.15) is 0 Å². The summed E-state index contributed by atoms with van der Waals surface area (Å²) in [6, 6.07) is 11.4. The quantitative estimate of drug-likeness (QED) is 0.442. The molecule has 0 spiro atoms. The fourth-order valence-electron chi connectivity index (χ4n) is 2.20. The summed E-state index contributed by atoms with van der Waals surface area (Å²) < 4.78 is 4.77. The first-order chi connectivity index (χ1) is 14.3. The van der Waals surface area contributed by atoms with Gasteiger partial charge in [0.15, 0.2) is 6.61 Å². The first kappa shape index (κ1) is 23.2. The van der Waals surface area contributed by atoms with E-state index in [1.165, 1.54) is 12.1 Å². The zero-order chi connectivity index (χ0) is 22.1. The molecule has 2 aromatic rings. The zero-order valence-electron chi connectivity index (χ0n) is 16.0. The smallest absolute Gasteiger partial charge is 0.306 e. The highest BCUT2D eigenvalue weighted by Crippen LogP contribution is 2.20. The molecule has 30 heavy (non-hydrogen) atoms. The van der Waals surface area contributed by atoms with Crippen molar-refractivity contribution in [1.82, 2.24) is 10.9 Å². The van der Waals surface area contributed by atoms with Crippen molar-refractivity contribution in [2.24, 2.45) is 0 Å². The van der Waals surface area contributed by atoms with E-state index < -0.39 is 30.3 Å². The molecule has 2 rings (SSSR count). The van der Waals surface area contributed by atoms with Crippen molar-refractivity contribution in [3.05, 3.63) is 63.6 Å². The van der Waals surface area contributed by atoms with E-state index in [1.54, 1.807) is 30.3 Å². The van der Waals surface area contributed by atoms with Crippen LogP contribution in [0.2, 0.25) is 10.0 Å². The number of halogens is 2. The number of benzene rings is 2. The fraction of sp³-hybridized carbons (Fsp3) is 0.200. The number of aryl methyl sites for hydroxylation is 1. The van der Waals surface area contributed by atoms with Gasteiger partial charge in [-0.3, -0.25) is 30.0 Å². The van der Waals surface area contributed by atoms with Crippen LogP contribution >= 0.6 is 23.2 Å². The normalized spacial score (nSPS) is 10.1. The minimum atomic E-state index is -0.748. The van der Waals surface area contributed by atoms with Crippen molar-refractivity contribution in [3.63, 3.8) is 0 Å². The Morgan fingerprint density at radius 3 is 2.33 bits per heavy atom. The molecule has 0 aliphatic heterocycles. The Morgan fingerprint density at radius 1 is 0.900 bits per heavy atom. The lowest BCUT2D eigenvalue weighted by atomic mass is 10.2. The molecular formula is C20H19Cl2N3O5. The van der Waals surface area contributed by atoms with Gasteiger partial charge in [0.1, 0.15) is 0 Å². The number of hydrogen-bond donors (Lipinski definition) is 3. The van der Waals surface area contributed by atoms with Gasteiger partial charge in [-0.1, -0.05) is 41.4 Å². The highest BCUT2D eigenvalue weighted by atomic mass is 35.5. The van der Waals surface area contributed by atoms with Crippen LogP contribution in [0.1, 0.15) is 28.8 Å². The van der Waals surface area contributed by atoms with Gasteiger partial charge < -0.3 is 10.1 Å². The second-order valence-corrected chi connectivity index (χ2v) is 6.97. The maximum atomic E-state index is 11.9. The second-order valence-electron chi connectivity index (χ2n) is 6.15. The number of esters is 1. The number of hydrazine groups is 1. The number of carbonyl (C=O) groups excluding carboxylic acids is 4. The van der Waals surface area contributed by atoms with Crippen molar-refractivity contribution < 1.29 is 23.9 Å². The molecule has 0 aliphatic carbocycles. The molecule has 0 bridgehead atoms. The summed E-state index contributed by atoms with van der Waals surface area (Å²) in [5.41, 5.74) is 5.83. The van der Waals surface area contributed by atoms with Crippen LogP contribution in [0.15, 0.2) is 42.5 Å². The highest BCUT2D eigenvalue weighted by molar-refractivity contribution is 6.33. The van der Waals surface area contributed by atoms with Crippen molar-refractivity contribution in [1.29, 1.82) is 0 Å². The van der Waals surface area contributed by atoms with Crippen LogP contribution in [0.5, 0.6) is 0 Å². The molecule has 0 saturated heterocycles. The Morgan fingerprint density at radius 2 is 1.63 bits per heavy atom. The molecule has 0 unspecified atom stereocenters. The van der Waals surface area contributed by atoms with Gasteiger partial charge in [-0.05, 0) is 36.8 Å². The molecule has 158 valence electrons. The number of rotatable bonds is 7. The van der Waals surface area contributed by atoms with Crippen LogP contribution in [-0.2, 0) is 19.1 Å². The molecule has 3 N–H and O–H groups in total. The Kier molecular flexibility index (Phi) is 8.64. The molecule has 0 saturated carbocycles. The van der Waals surface area contributed by atoms with Crippen molar-refractivity contribution in [3.8, 4) is 0 Å². The number of ether oxygens (including phenoxy) is 1. The highest BCUT2D eigenvalue weighted by Gasteiger charge is 2.13.